The second-order valence-corrected chi connectivity index (χ2v) is 7.20. The molecule has 2 rings (SSSR count). The first-order valence-electron chi connectivity index (χ1n) is 7.64. The summed E-state index contributed by atoms with van der Waals surface area (Å²) < 4.78 is 10.9. The van der Waals surface area contributed by atoms with Crippen molar-refractivity contribution in [2.45, 2.75) is 58.2 Å². The Morgan fingerprint density at radius 1 is 0.952 bits per heavy atom. The quantitative estimate of drug-likeness (QED) is 0.746. The van der Waals surface area contributed by atoms with Gasteiger partial charge >= 0.3 is 12.2 Å². The maximum absolute atomic E-state index is 12.1. The molecule has 0 aromatic carbocycles. The highest BCUT2D eigenvalue weighted by molar-refractivity contribution is 5.71. The first kappa shape index (κ1) is 15.9. The van der Waals surface area contributed by atoms with Crippen LogP contribution in [0, 0.1) is 0 Å². The van der Waals surface area contributed by atoms with Gasteiger partial charge < -0.3 is 19.3 Å². The van der Waals surface area contributed by atoms with Crippen molar-refractivity contribution in [3.05, 3.63) is 0 Å². The van der Waals surface area contributed by atoms with Crippen molar-refractivity contribution in [3.63, 3.8) is 0 Å². The molecule has 2 aliphatic heterocycles. The van der Waals surface area contributed by atoms with E-state index < -0.39 is 11.2 Å². The van der Waals surface area contributed by atoms with Gasteiger partial charge in [-0.05, 0) is 47.0 Å². The van der Waals surface area contributed by atoms with Crippen LogP contribution in [0.3, 0.4) is 0 Å². The van der Waals surface area contributed by atoms with E-state index in [4.69, 9.17) is 9.47 Å². The Morgan fingerprint density at radius 2 is 1.52 bits per heavy atom. The molecule has 2 amide bonds. The smallest absolute Gasteiger partial charge is 0.410 e. The highest BCUT2D eigenvalue weighted by atomic mass is 16.6. The molecule has 2 fully saturated rings. The molecule has 0 aliphatic carbocycles. The van der Waals surface area contributed by atoms with Gasteiger partial charge in [-0.3, -0.25) is 0 Å². The lowest BCUT2D eigenvalue weighted by Gasteiger charge is -2.47. The molecule has 6 heteroatoms. The first-order chi connectivity index (χ1) is 9.69. The summed E-state index contributed by atoms with van der Waals surface area (Å²) in [7, 11) is 0. The van der Waals surface area contributed by atoms with E-state index in [9.17, 15) is 9.59 Å². The molecule has 120 valence electrons. The van der Waals surface area contributed by atoms with Crippen LogP contribution in [0.4, 0.5) is 9.59 Å². The van der Waals surface area contributed by atoms with E-state index in [1.165, 1.54) is 6.42 Å². The maximum Gasteiger partial charge on any atom is 0.410 e. The topological polar surface area (TPSA) is 59.1 Å². The van der Waals surface area contributed by atoms with E-state index in [0.717, 1.165) is 25.9 Å². The fourth-order valence-corrected chi connectivity index (χ4v) is 2.63. The number of nitrogens with zero attached hydrogens (tertiary/aromatic N) is 2. The summed E-state index contributed by atoms with van der Waals surface area (Å²) >= 11 is 0. The molecule has 0 bridgehead atoms. The minimum atomic E-state index is -0.592. The number of carbonyl (C=O) groups excluding carboxylic acids is 2. The number of hydrogen-bond acceptors (Lipinski definition) is 4. The van der Waals surface area contributed by atoms with Crippen LogP contribution in [0.15, 0.2) is 0 Å². The molecule has 6 nitrogen and oxygen atoms in total. The molecular formula is C15H26N2O4. The third-order valence-electron chi connectivity index (χ3n) is 3.65. The fourth-order valence-electron chi connectivity index (χ4n) is 2.63. The normalized spacial score (nSPS) is 21.5. The average Bonchev–Trinajstić information content (AvgIpc) is 2.34. The van der Waals surface area contributed by atoms with Crippen LogP contribution in [-0.4, -0.2) is 59.4 Å². The van der Waals surface area contributed by atoms with Crippen LogP contribution in [0.5, 0.6) is 0 Å². The molecule has 2 saturated heterocycles. The zero-order valence-corrected chi connectivity index (χ0v) is 13.5. The summed E-state index contributed by atoms with van der Waals surface area (Å²) in [6.07, 6.45) is 2.63. The minimum absolute atomic E-state index is 0.263. The van der Waals surface area contributed by atoms with Gasteiger partial charge in [0.15, 0.2) is 0 Å². The number of hydrogen-bond donors (Lipinski definition) is 0. The van der Waals surface area contributed by atoms with Gasteiger partial charge in [0, 0.05) is 13.1 Å². The first-order valence-corrected chi connectivity index (χ1v) is 7.64. The maximum atomic E-state index is 12.1. The number of ether oxygens (including phenoxy) is 2. The van der Waals surface area contributed by atoms with Crippen molar-refractivity contribution in [3.8, 4) is 0 Å². The number of likely N-dealkylation sites (tertiary alicyclic amines) is 2. The molecule has 0 unspecified atom stereocenters. The third-order valence-corrected chi connectivity index (χ3v) is 3.65. The molecular weight excluding hydrogens is 272 g/mol. The number of rotatable bonds is 1. The number of amides is 2. The standard InChI is InChI=1S/C15H26N2O4/c1-14(2,3)20-13(19)17-10-15(4,11-17)21-12(18)16-8-6-5-7-9-16/h5-11H2,1-4H3. The molecule has 0 N–H and O–H groups in total. The van der Waals surface area contributed by atoms with Gasteiger partial charge in [0.25, 0.3) is 0 Å². The van der Waals surface area contributed by atoms with Crippen molar-refractivity contribution in [2.24, 2.45) is 0 Å². The van der Waals surface area contributed by atoms with Gasteiger partial charge in [0.1, 0.15) is 11.2 Å². The Balaban J connectivity index is 1.78. The van der Waals surface area contributed by atoms with Gasteiger partial charge in [-0.25, -0.2) is 9.59 Å². The minimum Gasteiger partial charge on any atom is -0.444 e. The van der Waals surface area contributed by atoms with Crippen molar-refractivity contribution in [1.29, 1.82) is 0 Å². The van der Waals surface area contributed by atoms with Gasteiger partial charge in [0.05, 0.1) is 13.1 Å². The molecule has 0 saturated carbocycles. The van der Waals surface area contributed by atoms with Crippen LogP contribution in [0.25, 0.3) is 0 Å². The second kappa shape index (κ2) is 5.73. The van der Waals surface area contributed by atoms with Gasteiger partial charge in [-0.2, -0.15) is 0 Å². The number of carbonyl (C=O) groups is 2. The van der Waals surface area contributed by atoms with E-state index in [-0.39, 0.29) is 12.2 Å². The summed E-state index contributed by atoms with van der Waals surface area (Å²) in [6, 6.07) is 0. The zero-order valence-electron chi connectivity index (χ0n) is 13.5. The molecule has 21 heavy (non-hydrogen) atoms. The van der Waals surface area contributed by atoms with E-state index in [1.54, 1.807) is 9.80 Å². The highest BCUT2D eigenvalue weighted by Crippen LogP contribution is 2.27. The van der Waals surface area contributed by atoms with Crippen LogP contribution in [0.2, 0.25) is 0 Å². The molecule has 2 heterocycles. The largest absolute Gasteiger partial charge is 0.444 e. The van der Waals surface area contributed by atoms with E-state index >= 15 is 0 Å². The van der Waals surface area contributed by atoms with Crippen LogP contribution >= 0.6 is 0 Å². The lowest BCUT2D eigenvalue weighted by atomic mass is 9.97. The molecule has 0 atom stereocenters. The molecule has 0 spiro atoms. The highest BCUT2D eigenvalue weighted by Gasteiger charge is 2.46. The Hall–Kier alpha value is -1.46. The molecule has 0 radical (unpaired) electrons. The van der Waals surface area contributed by atoms with E-state index in [0.29, 0.717) is 13.1 Å². The van der Waals surface area contributed by atoms with Crippen molar-refractivity contribution in [2.75, 3.05) is 26.2 Å². The van der Waals surface area contributed by atoms with Crippen molar-refractivity contribution >= 4 is 12.2 Å². The summed E-state index contributed by atoms with van der Waals surface area (Å²) in [5.41, 5.74) is -1.10. The van der Waals surface area contributed by atoms with E-state index in [1.807, 2.05) is 27.7 Å². The molecule has 2 aliphatic rings. The zero-order chi connectivity index (χ0) is 15.7. The second-order valence-electron chi connectivity index (χ2n) is 7.20. The lowest BCUT2D eigenvalue weighted by Crippen LogP contribution is -2.65. The van der Waals surface area contributed by atoms with Crippen LogP contribution in [0.1, 0.15) is 47.0 Å². The predicted molar refractivity (Wildman–Crippen MR) is 78.1 cm³/mol. The summed E-state index contributed by atoms with van der Waals surface area (Å²) in [4.78, 5) is 27.3. The number of piperidine rings is 1. The Bertz CT molecular complexity index is 404. The van der Waals surface area contributed by atoms with Crippen LogP contribution in [-0.2, 0) is 9.47 Å². The molecule has 0 aromatic rings. The monoisotopic (exact) mass is 298 g/mol. The van der Waals surface area contributed by atoms with E-state index in [2.05, 4.69) is 0 Å². The van der Waals surface area contributed by atoms with Crippen LogP contribution < -0.4 is 0 Å². The Kier molecular flexibility index (Phi) is 4.35. The summed E-state index contributed by atoms with van der Waals surface area (Å²) in [5, 5.41) is 0. The lowest BCUT2D eigenvalue weighted by molar-refractivity contribution is -0.100. The van der Waals surface area contributed by atoms with Gasteiger partial charge in [0.2, 0.25) is 0 Å². The van der Waals surface area contributed by atoms with Gasteiger partial charge in [-0.15, -0.1) is 0 Å². The van der Waals surface area contributed by atoms with Crippen molar-refractivity contribution in [1.82, 2.24) is 9.80 Å². The Labute approximate surface area is 126 Å². The predicted octanol–water partition coefficient (Wildman–Crippen LogP) is 2.62. The Morgan fingerprint density at radius 3 is 2.05 bits per heavy atom. The fraction of sp³-hybridized carbons (Fsp3) is 0.867. The third kappa shape index (κ3) is 4.25. The SMILES string of the molecule is CC(C)(C)OC(=O)N1CC(C)(OC(=O)N2CCCCC2)C1. The molecule has 0 aromatic heterocycles. The average molecular weight is 298 g/mol. The van der Waals surface area contributed by atoms with Gasteiger partial charge in [-0.1, -0.05) is 0 Å². The summed E-state index contributed by atoms with van der Waals surface area (Å²) in [5.74, 6) is 0. The summed E-state index contributed by atoms with van der Waals surface area (Å²) in [6.45, 7) is 9.68. The van der Waals surface area contributed by atoms with Crippen molar-refractivity contribution < 1.29 is 19.1 Å².